The van der Waals surface area contributed by atoms with Gasteiger partial charge in [0.05, 0.1) is 11.6 Å². The molecule has 0 radical (unpaired) electrons. The van der Waals surface area contributed by atoms with Gasteiger partial charge in [-0.25, -0.2) is 8.78 Å². The summed E-state index contributed by atoms with van der Waals surface area (Å²) in [6.07, 6.45) is 0. The Hall–Kier alpha value is -0.307. The Labute approximate surface area is 85.7 Å². The van der Waals surface area contributed by atoms with Crippen LogP contribution in [-0.4, -0.2) is 0 Å². The molecule has 0 N–H and O–H groups in total. The van der Waals surface area contributed by atoms with Crippen LogP contribution in [0.4, 0.5) is 17.6 Å². The molecule has 0 fully saturated rings. The zero-order valence-corrected chi connectivity index (χ0v) is 8.25. The SMILES string of the molecule is [CH2-]c1c(F)c(F)cc(F)c1F.[Zr]. The Morgan fingerprint density at radius 2 is 1.25 bits per heavy atom. The molecular weight excluding hydrogens is 251 g/mol. The molecular formula is C7H3F4Zr-. The first kappa shape index (κ1) is 11.7. The molecule has 0 unspecified atom stereocenters. The molecule has 1 aromatic rings. The topological polar surface area (TPSA) is 0 Å². The van der Waals surface area contributed by atoms with Crippen molar-refractivity contribution in [3.63, 3.8) is 0 Å². The van der Waals surface area contributed by atoms with E-state index in [4.69, 9.17) is 0 Å². The third kappa shape index (κ3) is 1.89. The van der Waals surface area contributed by atoms with Gasteiger partial charge >= 0.3 is 0 Å². The van der Waals surface area contributed by atoms with Crippen LogP contribution in [0.2, 0.25) is 0 Å². The van der Waals surface area contributed by atoms with E-state index in [2.05, 4.69) is 6.92 Å². The first-order valence-corrected chi connectivity index (χ1v) is 2.69. The van der Waals surface area contributed by atoms with E-state index in [0.717, 1.165) is 0 Å². The molecule has 0 atom stereocenters. The van der Waals surface area contributed by atoms with E-state index in [0.29, 0.717) is 0 Å². The van der Waals surface area contributed by atoms with Gasteiger partial charge in [-0.2, -0.15) is 6.92 Å². The molecule has 0 heterocycles. The van der Waals surface area contributed by atoms with Crippen LogP contribution in [0.3, 0.4) is 0 Å². The second-order valence-electron chi connectivity index (χ2n) is 1.95. The van der Waals surface area contributed by atoms with Crippen LogP contribution in [0.15, 0.2) is 6.07 Å². The standard InChI is InChI=1S/C7H3F4.Zr/c1-3-6(10)4(8)2-5(9)7(3)11;/h2H,1H2;/q-1;. The summed E-state index contributed by atoms with van der Waals surface area (Å²) in [5.74, 6) is -5.78. The molecule has 64 valence electrons. The summed E-state index contributed by atoms with van der Waals surface area (Å²) in [4.78, 5) is 0. The van der Waals surface area contributed by atoms with Crippen molar-refractivity contribution in [1.82, 2.24) is 0 Å². The van der Waals surface area contributed by atoms with E-state index in [1.54, 1.807) is 0 Å². The van der Waals surface area contributed by atoms with Crippen molar-refractivity contribution in [2.75, 3.05) is 0 Å². The van der Waals surface area contributed by atoms with E-state index in [1.807, 2.05) is 0 Å². The smallest absolute Gasteiger partial charge is 0.105 e. The van der Waals surface area contributed by atoms with Gasteiger partial charge in [-0.3, -0.25) is 8.78 Å². The minimum Gasteiger partial charge on any atom is -0.281 e. The summed E-state index contributed by atoms with van der Waals surface area (Å²) in [7, 11) is 0. The molecule has 0 spiro atoms. The van der Waals surface area contributed by atoms with E-state index < -0.39 is 28.8 Å². The molecule has 1 aromatic carbocycles. The molecule has 0 aliphatic heterocycles. The molecule has 0 amide bonds. The minimum absolute atomic E-state index is 0. The predicted octanol–water partition coefficient (Wildman–Crippen LogP) is 2.42. The van der Waals surface area contributed by atoms with Gasteiger partial charge in [0.2, 0.25) is 0 Å². The summed E-state index contributed by atoms with van der Waals surface area (Å²) in [6.45, 7) is 2.81. The Kier molecular flexibility index (Phi) is 3.98. The zero-order valence-electron chi connectivity index (χ0n) is 5.80. The third-order valence-electron chi connectivity index (χ3n) is 1.20. The fourth-order valence-electron chi connectivity index (χ4n) is 0.623. The van der Waals surface area contributed by atoms with E-state index in [-0.39, 0.29) is 32.3 Å². The van der Waals surface area contributed by atoms with Crippen LogP contribution in [0, 0.1) is 30.2 Å². The molecule has 0 aromatic heterocycles. The van der Waals surface area contributed by atoms with Gasteiger partial charge in [0.25, 0.3) is 0 Å². The second kappa shape index (κ2) is 4.08. The van der Waals surface area contributed by atoms with Gasteiger partial charge < -0.3 is 0 Å². The van der Waals surface area contributed by atoms with Gasteiger partial charge in [-0.05, 0) is 6.07 Å². The third-order valence-corrected chi connectivity index (χ3v) is 1.20. The van der Waals surface area contributed by atoms with Crippen LogP contribution in [-0.2, 0) is 26.2 Å². The fourth-order valence-corrected chi connectivity index (χ4v) is 0.623. The molecule has 0 aliphatic rings. The van der Waals surface area contributed by atoms with Crippen molar-refractivity contribution >= 4 is 0 Å². The van der Waals surface area contributed by atoms with E-state index in [1.165, 1.54) is 0 Å². The largest absolute Gasteiger partial charge is 0.281 e. The minimum atomic E-state index is -1.45. The number of halogens is 4. The van der Waals surface area contributed by atoms with Crippen LogP contribution in [0.25, 0.3) is 0 Å². The van der Waals surface area contributed by atoms with Crippen molar-refractivity contribution in [3.8, 4) is 0 Å². The molecule has 0 saturated carbocycles. The van der Waals surface area contributed by atoms with E-state index >= 15 is 0 Å². The Morgan fingerprint density at radius 1 is 0.917 bits per heavy atom. The first-order valence-electron chi connectivity index (χ1n) is 2.69. The number of benzene rings is 1. The predicted molar refractivity (Wildman–Crippen MR) is 30.7 cm³/mol. The summed E-state index contributed by atoms with van der Waals surface area (Å²) in [5, 5.41) is 0. The Balaban J connectivity index is 0.00000121. The van der Waals surface area contributed by atoms with Crippen molar-refractivity contribution in [2.45, 2.75) is 0 Å². The molecule has 5 heteroatoms. The molecule has 0 saturated heterocycles. The second-order valence-corrected chi connectivity index (χ2v) is 1.95. The van der Waals surface area contributed by atoms with Crippen LogP contribution in [0.1, 0.15) is 5.56 Å². The summed E-state index contributed by atoms with van der Waals surface area (Å²) >= 11 is 0. The molecule has 0 nitrogen and oxygen atoms in total. The number of hydrogen-bond acceptors (Lipinski definition) is 0. The van der Waals surface area contributed by atoms with Crippen molar-refractivity contribution < 1.29 is 43.8 Å². The monoisotopic (exact) mass is 253 g/mol. The average Bonchev–Trinajstić information content (AvgIpc) is 1.97. The fraction of sp³-hybridized carbons (Fsp3) is 0. The molecule has 12 heavy (non-hydrogen) atoms. The number of hydrogen-bond donors (Lipinski definition) is 0. The molecule has 0 bridgehead atoms. The summed E-state index contributed by atoms with van der Waals surface area (Å²) in [6, 6.07) is 0.138. The van der Waals surface area contributed by atoms with Gasteiger partial charge in [-0.1, -0.05) is 0 Å². The maximum absolute atomic E-state index is 12.3. The van der Waals surface area contributed by atoms with Crippen molar-refractivity contribution in [3.05, 3.63) is 41.8 Å². The van der Waals surface area contributed by atoms with Gasteiger partial charge in [0.1, 0.15) is 11.6 Å². The average molecular weight is 254 g/mol. The number of rotatable bonds is 0. The van der Waals surface area contributed by atoms with Crippen LogP contribution < -0.4 is 0 Å². The van der Waals surface area contributed by atoms with Crippen LogP contribution in [0.5, 0.6) is 0 Å². The molecule has 0 aliphatic carbocycles. The van der Waals surface area contributed by atoms with Crippen molar-refractivity contribution in [1.29, 1.82) is 0 Å². The summed E-state index contributed by atoms with van der Waals surface area (Å²) in [5.41, 5.74) is -0.887. The first-order chi connectivity index (χ1) is 5.04. The normalized spacial score (nSPS) is 9.33. The quantitative estimate of drug-likeness (QED) is 0.379. The maximum atomic E-state index is 12.3. The summed E-state index contributed by atoms with van der Waals surface area (Å²) < 4.78 is 49.1. The van der Waals surface area contributed by atoms with Gasteiger partial charge in [-0.15, -0.1) is 5.56 Å². The Morgan fingerprint density at radius 3 is 1.58 bits per heavy atom. The zero-order chi connectivity index (χ0) is 8.59. The van der Waals surface area contributed by atoms with Gasteiger partial charge in [0, 0.05) is 26.2 Å². The van der Waals surface area contributed by atoms with Crippen molar-refractivity contribution in [2.24, 2.45) is 0 Å². The van der Waals surface area contributed by atoms with Crippen LogP contribution >= 0.6 is 0 Å². The van der Waals surface area contributed by atoms with Gasteiger partial charge in [0.15, 0.2) is 0 Å². The van der Waals surface area contributed by atoms with E-state index in [9.17, 15) is 17.6 Å². The molecule has 1 rings (SSSR count). The maximum Gasteiger partial charge on any atom is 0.105 e. The Bertz CT molecular complexity index is 272.